The Hall–Kier alpha value is -1.79. The minimum atomic E-state index is -1.05. The normalized spacial score (nSPS) is 23.3. The van der Waals surface area contributed by atoms with E-state index in [0.717, 1.165) is 18.4 Å². The highest BCUT2D eigenvalue weighted by Gasteiger charge is 2.42. The van der Waals surface area contributed by atoms with Gasteiger partial charge in [-0.25, -0.2) is 0 Å². The van der Waals surface area contributed by atoms with Crippen molar-refractivity contribution in [2.75, 3.05) is 0 Å². The van der Waals surface area contributed by atoms with Crippen molar-refractivity contribution in [1.29, 1.82) is 0 Å². The lowest BCUT2D eigenvalue weighted by Crippen LogP contribution is -2.45. The van der Waals surface area contributed by atoms with E-state index in [1.165, 1.54) is 31.2 Å². The van der Waals surface area contributed by atoms with E-state index < -0.39 is 11.5 Å². The van der Waals surface area contributed by atoms with Crippen molar-refractivity contribution in [2.45, 2.75) is 69.7 Å². The topological polar surface area (TPSA) is 63.3 Å². The number of hydrogen-bond acceptors (Lipinski definition) is 2. The summed E-state index contributed by atoms with van der Waals surface area (Å²) in [6.45, 7) is 2.21. The first-order valence-corrected chi connectivity index (χ1v) is 8.66. The Bertz CT molecular complexity index is 582. The molecule has 0 aliphatic heterocycles. The summed E-state index contributed by atoms with van der Waals surface area (Å²) in [7, 11) is 0. The fourth-order valence-electron chi connectivity index (χ4n) is 3.20. The number of carbonyl (C=O) groups is 1. The van der Waals surface area contributed by atoms with Crippen LogP contribution in [0.15, 0.2) is 24.3 Å². The zero-order valence-corrected chi connectivity index (χ0v) is 14.0. The first-order valence-electron chi connectivity index (χ1n) is 8.66. The largest absolute Gasteiger partial charge is 0.480 e. The number of nitrogens with two attached hydrogens (primary N) is 1. The SMILES string of the molecule is CCCCCCC#Cc1ccc([C@@H]2CC[C@](N)(C(=O)O)C2)cc1. The summed E-state index contributed by atoms with van der Waals surface area (Å²) in [6.07, 6.45) is 7.84. The van der Waals surface area contributed by atoms with E-state index in [-0.39, 0.29) is 5.92 Å². The molecule has 1 saturated carbocycles. The van der Waals surface area contributed by atoms with Crippen molar-refractivity contribution in [3.63, 3.8) is 0 Å². The second-order valence-corrected chi connectivity index (χ2v) is 6.64. The van der Waals surface area contributed by atoms with Crippen LogP contribution in [-0.4, -0.2) is 16.6 Å². The molecule has 3 nitrogen and oxygen atoms in total. The second kappa shape index (κ2) is 8.17. The molecule has 1 aliphatic carbocycles. The summed E-state index contributed by atoms with van der Waals surface area (Å²) in [5, 5.41) is 9.21. The summed E-state index contributed by atoms with van der Waals surface area (Å²) < 4.78 is 0. The highest BCUT2D eigenvalue weighted by atomic mass is 16.4. The molecule has 0 aromatic heterocycles. The lowest BCUT2D eigenvalue weighted by Gasteiger charge is -2.18. The summed E-state index contributed by atoms with van der Waals surface area (Å²) >= 11 is 0. The molecule has 0 unspecified atom stereocenters. The van der Waals surface area contributed by atoms with Crippen molar-refractivity contribution < 1.29 is 9.90 Å². The van der Waals surface area contributed by atoms with Gasteiger partial charge in [0.05, 0.1) is 0 Å². The van der Waals surface area contributed by atoms with Gasteiger partial charge < -0.3 is 10.8 Å². The number of carboxylic acids is 1. The zero-order valence-electron chi connectivity index (χ0n) is 14.0. The Morgan fingerprint density at radius 2 is 2.04 bits per heavy atom. The molecule has 2 atom stereocenters. The Labute approximate surface area is 139 Å². The summed E-state index contributed by atoms with van der Waals surface area (Å²) in [5.74, 6) is 5.79. The maximum absolute atomic E-state index is 11.2. The molecule has 0 heterocycles. The Kier molecular flexibility index (Phi) is 6.24. The molecule has 0 bridgehead atoms. The predicted molar refractivity (Wildman–Crippen MR) is 93.2 cm³/mol. The summed E-state index contributed by atoms with van der Waals surface area (Å²) in [5.41, 5.74) is 7.10. The van der Waals surface area contributed by atoms with Crippen molar-refractivity contribution in [3.05, 3.63) is 35.4 Å². The van der Waals surface area contributed by atoms with Gasteiger partial charge in [0.15, 0.2) is 0 Å². The van der Waals surface area contributed by atoms with Crippen LogP contribution in [-0.2, 0) is 4.79 Å². The quantitative estimate of drug-likeness (QED) is 0.615. The molecular formula is C20H27NO2. The molecule has 1 aromatic rings. The van der Waals surface area contributed by atoms with Gasteiger partial charge in [0.1, 0.15) is 5.54 Å². The van der Waals surface area contributed by atoms with Gasteiger partial charge in [0.2, 0.25) is 0 Å². The van der Waals surface area contributed by atoms with E-state index in [2.05, 4.69) is 30.9 Å². The van der Waals surface area contributed by atoms with E-state index in [4.69, 9.17) is 5.73 Å². The van der Waals surface area contributed by atoms with E-state index in [1.54, 1.807) is 0 Å². The summed E-state index contributed by atoms with van der Waals surface area (Å²) in [4.78, 5) is 11.2. The van der Waals surface area contributed by atoms with Crippen LogP contribution in [0.5, 0.6) is 0 Å². The molecule has 3 heteroatoms. The maximum Gasteiger partial charge on any atom is 0.323 e. The number of aliphatic carboxylic acids is 1. The average Bonchev–Trinajstić information content (AvgIpc) is 2.95. The van der Waals surface area contributed by atoms with Gasteiger partial charge in [-0.05, 0) is 49.3 Å². The smallest absolute Gasteiger partial charge is 0.323 e. The molecule has 1 aliphatic rings. The minimum absolute atomic E-state index is 0.243. The van der Waals surface area contributed by atoms with Gasteiger partial charge in [-0.3, -0.25) is 4.79 Å². The van der Waals surface area contributed by atoms with Gasteiger partial charge in [-0.15, -0.1) is 0 Å². The van der Waals surface area contributed by atoms with E-state index in [9.17, 15) is 9.90 Å². The summed E-state index contributed by atoms with van der Waals surface area (Å²) in [6, 6.07) is 8.20. The third kappa shape index (κ3) is 4.84. The van der Waals surface area contributed by atoms with Crippen molar-refractivity contribution in [3.8, 4) is 11.8 Å². The van der Waals surface area contributed by atoms with Crippen molar-refractivity contribution in [1.82, 2.24) is 0 Å². The van der Waals surface area contributed by atoms with Gasteiger partial charge in [0.25, 0.3) is 0 Å². The number of rotatable bonds is 6. The fraction of sp³-hybridized carbons (Fsp3) is 0.550. The van der Waals surface area contributed by atoms with Crippen molar-refractivity contribution in [2.24, 2.45) is 5.73 Å². The fourth-order valence-corrected chi connectivity index (χ4v) is 3.20. The molecule has 124 valence electrons. The predicted octanol–water partition coefficient (Wildman–Crippen LogP) is 4.06. The van der Waals surface area contributed by atoms with Crippen LogP contribution >= 0.6 is 0 Å². The lowest BCUT2D eigenvalue weighted by molar-refractivity contribution is -0.143. The van der Waals surface area contributed by atoms with Crippen LogP contribution in [0, 0.1) is 11.8 Å². The number of benzene rings is 1. The van der Waals surface area contributed by atoms with Crippen LogP contribution in [0.2, 0.25) is 0 Å². The molecule has 0 radical (unpaired) electrons. The highest BCUT2D eigenvalue weighted by Crippen LogP contribution is 2.39. The standard InChI is InChI=1S/C20H27NO2/c1-2-3-4-5-6-7-8-16-9-11-17(12-10-16)18-13-14-20(21,15-18)19(22)23/h9-12,18H,2-6,13-15,21H2,1H3,(H,22,23)/t18-,20-/m1/s1. The van der Waals surface area contributed by atoms with E-state index in [0.29, 0.717) is 12.8 Å². The van der Waals surface area contributed by atoms with Crippen molar-refractivity contribution >= 4 is 5.97 Å². The van der Waals surface area contributed by atoms with Crippen LogP contribution in [0.1, 0.15) is 75.3 Å². The van der Waals surface area contributed by atoms with Crippen LogP contribution in [0.4, 0.5) is 0 Å². The lowest BCUT2D eigenvalue weighted by atomic mass is 9.93. The second-order valence-electron chi connectivity index (χ2n) is 6.64. The number of unbranched alkanes of at least 4 members (excludes halogenated alkanes) is 4. The van der Waals surface area contributed by atoms with E-state index >= 15 is 0 Å². The third-order valence-electron chi connectivity index (χ3n) is 4.75. The van der Waals surface area contributed by atoms with Crippen LogP contribution < -0.4 is 5.73 Å². The molecule has 0 spiro atoms. The minimum Gasteiger partial charge on any atom is -0.480 e. The average molecular weight is 313 g/mol. The monoisotopic (exact) mass is 313 g/mol. The Balaban J connectivity index is 1.88. The third-order valence-corrected chi connectivity index (χ3v) is 4.75. The molecule has 1 fully saturated rings. The molecular weight excluding hydrogens is 286 g/mol. The van der Waals surface area contributed by atoms with E-state index in [1.807, 2.05) is 12.1 Å². The van der Waals surface area contributed by atoms with Crippen LogP contribution in [0.3, 0.4) is 0 Å². The maximum atomic E-state index is 11.2. The van der Waals surface area contributed by atoms with Gasteiger partial charge >= 0.3 is 5.97 Å². The molecule has 0 saturated heterocycles. The molecule has 1 aromatic carbocycles. The highest BCUT2D eigenvalue weighted by molar-refractivity contribution is 5.79. The Morgan fingerprint density at radius 1 is 1.30 bits per heavy atom. The molecule has 23 heavy (non-hydrogen) atoms. The van der Waals surface area contributed by atoms with Gasteiger partial charge in [0, 0.05) is 12.0 Å². The first-order chi connectivity index (χ1) is 11.0. The number of carboxylic acid groups (broad SMARTS) is 1. The zero-order chi connectivity index (χ0) is 16.7. The van der Waals surface area contributed by atoms with Gasteiger partial charge in [-0.1, -0.05) is 50.2 Å². The molecule has 3 N–H and O–H groups in total. The first kappa shape index (κ1) is 17.6. The van der Waals surface area contributed by atoms with Gasteiger partial charge in [-0.2, -0.15) is 0 Å². The molecule has 2 rings (SSSR count). The van der Waals surface area contributed by atoms with Crippen LogP contribution in [0.25, 0.3) is 0 Å². The Morgan fingerprint density at radius 3 is 2.65 bits per heavy atom. The number of hydrogen-bond donors (Lipinski definition) is 2. The molecule has 0 amide bonds.